The Hall–Kier alpha value is -1.05. The van der Waals surface area contributed by atoms with E-state index in [1.807, 2.05) is 19.1 Å². The van der Waals surface area contributed by atoms with Crippen LogP contribution < -0.4 is 4.74 Å². The molecule has 0 saturated heterocycles. The van der Waals surface area contributed by atoms with Crippen LogP contribution in [-0.4, -0.2) is 6.61 Å². The molecule has 1 aromatic rings. The van der Waals surface area contributed by atoms with Crippen molar-refractivity contribution in [2.45, 2.75) is 19.5 Å². The Kier molecular flexibility index (Phi) is 1.75. The highest BCUT2D eigenvalue weighted by atomic mass is 19.1. The van der Waals surface area contributed by atoms with Gasteiger partial charge in [0.15, 0.2) is 0 Å². The number of aryl methyl sites for hydroxylation is 1. The molecule has 0 amide bonds. The molecule has 64 valence electrons. The lowest BCUT2D eigenvalue weighted by atomic mass is 10.0. The zero-order valence-electron chi connectivity index (χ0n) is 7.01. The lowest BCUT2D eigenvalue weighted by Gasteiger charge is -2.21. The second-order valence-corrected chi connectivity index (χ2v) is 3.10. The first-order chi connectivity index (χ1) is 5.79. The lowest BCUT2D eigenvalue weighted by molar-refractivity contribution is 0.199. The van der Waals surface area contributed by atoms with E-state index in [9.17, 15) is 4.39 Å². The molecule has 0 N–H and O–H groups in total. The molecular formula is C10H11FO. The first-order valence-corrected chi connectivity index (χ1v) is 4.15. The van der Waals surface area contributed by atoms with Crippen molar-refractivity contribution >= 4 is 0 Å². The van der Waals surface area contributed by atoms with Crippen molar-refractivity contribution in [3.05, 3.63) is 29.3 Å². The molecule has 1 nitrogen and oxygen atoms in total. The molecule has 1 aliphatic heterocycles. The van der Waals surface area contributed by atoms with E-state index < -0.39 is 6.17 Å². The van der Waals surface area contributed by atoms with Crippen LogP contribution >= 0.6 is 0 Å². The van der Waals surface area contributed by atoms with Crippen molar-refractivity contribution in [1.82, 2.24) is 0 Å². The van der Waals surface area contributed by atoms with E-state index in [-0.39, 0.29) is 0 Å². The molecule has 2 rings (SSSR count). The minimum atomic E-state index is -0.839. The Bertz CT molecular complexity index is 296. The SMILES string of the molecule is Cc1cccc2c1OCCC2F. The summed E-state index contributed by atoms with van der Waals surface area (Å²) in [6, 6.07) is 5.61. The standard InChI is InChI=1S/C10H11FO/c1-7-3-2-4-8-9(11)5-6-12-10(7)8/h2-4,9H,5-6H2,1H3. The average molecular weight is 166 g/mol. The Labute approximate surface area is 71.2 Å². The van der Waals surface area contributed by atoms with E-state index in [1.165, 1.54) is 0 Å². The Balaban J connectivity index is 2.52. The van der Waals surface area contributed by atoms with Gasteiger partial charge in [-0.15, -0.1) is 0 Å². The number of halogens is 1. The van der Waals surface area contributed by atoms with Crippen LogP contribution in [0.5, 0.6) is 5.75 Å². The molecule has 0 radical (unpaired) electrons. The number of fused-ring (bicyclic) bond motifs is 1. The third-order valence-electron chi connectivity index (χ3n) is 2.20. The minimum absolute atomic E-state index is 0.483. The molecule has 12 heavy (non-hydrogen) atoms. The van der Waals surface area contributed by atoms with Gasteiger partial charge in [0.25, 0.3) is 0 Å². The van der Waals surface area contributed by atoms with Crippen LogP contribution in [0.25, 0.3) is 0 Å². The molecule has 1 unspecified atom stereocenters. The van der Waals surface area contributed by atoms with Crippen molar-refractivity contribution in [2.24, 2.45) is 0 Å². The quantitative estimate of drug-likeness (QED) is 0.575. The molecule has 1 heterocycles. The summed E-state index contributed by atoms with van der Waals surface area (Å²) in [5, 5.41) is 0. The highest BCUT2D eigenvalue weighted by Gasteiger charge is 2.21. The maximum atomic E-state index is 13.3. The van der Waals surface area contributed by atoms with E-state index in [2.05, 4.69) is 0 Å². The second kappa shape index (κ2) is 2.77. The smallest absolute Gasteiger partial charge is 0.132 e. The fourth-order valence-electron chi connectivity index (χ4n) is 1.54. The van der Waals surface area contributed by atoms with E-state index in [1.54, 1.807) is 6.07 Å². The summed E-state index contributed by atoms with van der Waals surface area (Å²) in [6.45, 7) is 2.44. The van der Waals surface area contributed by atoms with Gasteiger partial charge in [-0.05, 0) is 12.5 Å². The van der Waals surface area contributed by atoms with Gasteiger partial charge in [0.05, 0.1) is 6.61 Å². The zero-order chi connectivity index (χ0) is 8.55. The van der Waals surface area contributed by atoms with Crippen molar-refractivity contribution in [3.63, 3.8) is 0 Å². The van der Waals surface area contributed by atoms with Gasteiger partial charge in [-0.2, -0.15) is 0 Å². The van der Waals surface area contributed by atoms with E-state index in [4.69, 9.17) is 4.74 Å². The molecule has 1 aromatic carbocycles. The predicted octanol–water partition coefficient (Wildman–Crippen LogP) is 2.79. The summed E-state index contributed by atoms with van der Waals surface area (Å²) < 4.78 is 18.7. The minimum Gasteiger partial charge on any atom is -0.493 e. The topological polar surface area (TPSA) is 9.23 Å². The van der Waals surface area contributed by atoms with Crippen LogP contribution in [0.1, 0.15) is 23.7 Å². The molecule has 0 aromatic heterocycles. The van der Waals surface area contributed by atoms with Gasteiger partial charge in [0, 0.05) is 12.0 Å². The zero-order valence-corrected chi connectivity index (χ0v) is 7.01. The molecule has 0 fully saturated rings. The van der Waals surface area contributed by atoms with Gasteiger partial charge in [-0.3, -0.25) is 0 Å². The molecular weight excluding hydrogens is 155 g/mol. The van der Waals surface area contributed by atoms with Crippen LogP contribution in [0.2, 0.25) is 0 Å². The molecule has 2 heteroatoms. The summed E-state index contributed by atoms with van der Waals surface area (Å²) >= 11 is 0. The summed E-state index contributed by atoms with van der Waals surface area (Å²) in [5.74, 6) is 0.747. The lowest BCUT2D eigenvalue weighted by Crippen LogP contribution is -2.11. The number of ether oxygens (including phenoxy) is 1. The van der Waals surface area contributed by atoms with Gasteiger partial charge in [0.2, 0.25) is 0 Å². The Morgan fingerprint density at radius 2 is 2.33 bits per heavy atom. The summed E-state index contributed by atoms with van der Waals surface area (Å²) in [7, 11) is 0. The first kappa shape index (κ1) is 7.59. The second-order valence-electron chi connectivity index (χ2n) is 3.10. The maximum absolute atomic E-state index is 13.3. The highest BCUT2D eigenvalue weighted by molar-refractivity contribution is 5.43. The number of rotatable bonds is 0. The molecule has 0 aliphatic carbocycles. The van der Waals surface area contributed by atoms with Crippen molar-refractivity contribution in [3.8, 4) is 5.75 Å². The molecule has 0 bridgehead atoms. The van der Waals surface area contributed by atoms with Crippen molar-refractivity contribution in [2.75, 3.05) is 6.61 Å². The normalized spacial score (nSPS) is 21.3. The van der Waals surface area contributed by atoms with Gasteiger partial charge in [0.1, 0.15) is 11.9 Å². The number of hydrogen-bond acceptors (Lipinski definition) is 1. The predicted molar refractivity (Wildman–Crippen MR) is 45.1 cm³/mol. The Morgan fingerprint density at radius 1 is 1.50 bits per heavy atom. The number of hydrogen-bond donors (Lipinski definition) is 0. The molecule has 0 spiro atoms. The summed E-state index contributed by atoms with van der Waals surface area (Å²) in [6.07, 6.45) is -0.357. The third kappa shape index (κ3) is 1.07. The van der Waals surface area contributed by atoms with Crippen molar-refractivity contribution in [1.29, 1.82) is 0 Å². The van der Waals surface area contributed by atoms with Crippen molar-refractivity contribution < 1.29 is 9.13 Å². The molecule has 1 aliphatic rings. The van der Waals surface area contributed by atoms with E-state index >= 15 is 0 Å². The third-order valence-corrected chi connectivity index (χ3v) is 2.20. The first-order valence-electron chi connectivity index (χ1n) is 4.15. The highest BCUT2D eigenvalue weighted by Crippen LogP contribution is 2.36. The fraction of sp³-hybridized carbons (Fsp3) is 0.400. The van der Waals surface area contributed by atoms with E-state index in [0.29, 0.717) is 18.6 Å². The monoisotopic (exact) mass is 166 g/mol. The van der Waals surface area contributed by atoms with Gasteiger partial charge < -0.3 is 4.74 Å². The van der Waals surface area contributed by atoms with E-state index in [0.717, 1.165) is 11.3 Å². The summed E-state index contributed by atoms with van der Waals surface area (Å²) in [5.41, 5.74) is 1.73. The van der Waals surface area contributed by atoms with Gasteiger partial charge in [-0.25, -0.2) is 4.39 Å². The maximum Gasteiger partial charge on any atom is 0.132 e. The van der Waals surface area contributed by atoms with Crippen LogP contribution in [-0.2, 0) is 0 Å². The number of para-hydroxylation sites is 1. The van der Waals surface area contributed by atoms with Crippen LogP contribution in [0.4, 0.5) is 4.39 Å². The Morgan fingerprint density at radius 3 is 3.08 bits per heavy atom. The van der Waals surface area contributed by atoms with Crippen LogP contribution in [0.3, 0.4) is 0 Å². The van der Waals surface area contributed by atoms with Crippen LogP contribution in [0, 0.1) is 6.92 Å². The molecule has 1 atom stereocenters. The largest absolute Gasteiger partial charge is 0.493 e. The fourth-order valence-corrected chi connectivity index (χ4v) is 1.54. The van der Waals surface area contributed by atoms with Gasteiger partial charge in [-0.1, -0.05) is 18.2 Å². The number of alkyl halides is 1. The number of benzene rings is 1. The summed E-state index contributed by atoms with van der Waals surface area (Å²) in [4.78, 5) is 0. The average Bonchev–Trinajstić information content (AvgIpc) is 2.07. The van der Waals surface area contributed by atoms with Crippen LogP contribution in [0.15, 0.2) is 18.2 Å². The van der Waals surface area contributed by atoms with Gasteiger partial charge >= 0.3 is 0 Å². The molecule has 0 saturated carbocycles.